The smallest absolute Gasteiger partial charge is 0.342 e. The number of hydrogen-bond acceptors (Lipinski definition) is 5. The number of rotatable bonds is 7. The van der Waals surface area contributed by atoms with E-state index in [9.17, 15) is 14.9 Å². The van der Waals surface area contributed by atoms with Crippen LogP contribution in [0.15, 0.2) is 12.3 Å². The lowest BCUT2D eigenvalue weighted by Gasteiger charge is -2.15. The number of nitrogens with one attached hydrogen (secondary N) is 1. The number of nitrogens with zero attached hydrogens (tertiary/aromatic N) is 2. The van der Waals surface area contributed by atoms with Crippen molar-refractivity contribution in [1.82, 2.24) is 4.98 Å². The average Bonchev–Trinajstić information content (AvgIpc) is 2.35. The third-order valence-corrected chi connectivity index (χ3v) is 2.88. The van der Waals surface area contributed by atoms with Gasteiger partial charge in [-0.3, -0.25) is 10.1 Å². The molecule has 7 nitrogen and oxygen atoms in total. The van der Waals surface area contributed by atoms with Crippen LogP contribution in [0.3, 0.4) is 0 Å². The van der Waals surface area contributed by atoms with Gasteiger partial charge in [0.15, 0.2) is 0 Å². The summed E-state index contributed by atoms with van der Waals surface area (Å²) in [6.45, 7) is 6.21. The number of hydrogen-bond donors (Lipinski definition) is 2. The lowest BCUT2D eigenvalue weighted by molar-refractivity contribution is -0.385. The molecule has 0 fully saturated rings. The molecule has 1 aromatic heterocycles. The Hall–Kier alpha value is -2.18. The van der Waals surface area contributed by atoms with Crippen molar-refractivity contribution in [2.45, 2.75) is 39.7 Å². The molecule has 0 aromatic carbocycles. The van der Waals surface area contributed by atoms with Crippen LogP contribution in [0.1, 0.15) is 44.0 Å². The zero-order valence-electron chi connectivity index (χ0n) is 11.8. The van der Waals surface area contributed by atoms with E-state index in [2.05, 4.69) is 24.1 Å². The van der Waals surface area contributed by atoms with E-state index in [1.54, 1.807) is 0 Å². The molecule has 0 aliphatic heterocycles. The molecule has 0 saturated heterocycles. The largest absolute Gasteiger partial charge is 0.477 e. The molecule has 0 aliphatic carbocycles. The van der Waals surface area contributed by atoms with Crippen LogP contribution >= 0.6 is 0 Å². The van der Waals surface area contributed by atoms with E-state index in [1.807, 2.05) is 6.92 Å². The molecule has 1 atom stereocenters. The molecular weight excluding hydrogens is 262 g/mol. The Labute approximate surface area is 117 Å². The Balaban J connectivity index is 2.84. The maximum absolute atomic E-state index is 11.0. The van der Waals surface area contributed by atoms with E-state index in [0.29, 0.717) is 11.7 Å². The van der Waals surface area contributed by atoms with Crippen molar-refractivity contribution in [3.8, 4) is 0 Å². The molecule has 1 rings (SSSR count). The second-order valence-corrected chi connectivity index (χ2v) is 5.17. The van der Waals surface area contributed by atoms with Gasteiger partial charge in [-0.25, -0.2) is 9.78 Å². The molecule has 1 heterocycles. The van der Waals surface area contributed by atoms with E-state index in [1.165, 1.54) is 6.07 Å². The third kappa shape index (κ3) is 4.49. The highest BCUT2D eigenvalue weighted by Crippen LogP contribution is 2.21. The van der Waals surface area contributed by atoms with Crippen molar-refractivity contribution >= 4 is 17.5 Å². The summed E-state index contributed by atoms with van der Waals surface area (Å²) in [5.74, 6) is -0.417. The molecule has 0 aliphatic rings. The highest BCUT2D eigenvalue weighted by Gasteiger charge is 2.21. The van der Waals surface area contributed by atoms with Gasteiger partial charge in [0.25, 0.3) is 0 Å². The number of carbonyl (C=O) groups is 1. The van der Waals surface area contributed by atoms with Crippen LogP contribution < -0.4 is 5.32 Å². The van der Waals surface area contributed by atoms with Gasteiger partial charge in [0, 0.05) is 12.1 Å². The van der Waals surface area contributed by atoms with Crippen LogP contribution in [0.2, 0.25) is 0 Å². The molecule has 1 aromatic rings. The van der Waals surface area contributed by atoms with E-state index < -0.39 is 16.6 Å². The first kappa shape index (κ1) is 15.9. The fourth-order valence-electron chi connectivity index (χ4n) is 1.75. The van der Waals surface area contributed by atoms with E-state index in [4.69, 9.17) is 5.11 Å². The number of carboxylic acids is 1. The Morgan fingerprint density at radius 1 is 1.45 bits per heavy atom. The minimum absolute atomic E-state index is 0.119. The minimum Gasteiger partial charge on any atom is -0.477 e. The summed E-state index contributed by atoms with van der Waals surface area (Å²) in [6, 6.07) is 1.32. The second-order valence-electron chi connectivity index (χ2n) is 5.17. The van der Waals surface area contributed by atoms with Gasteiger partial charge in [-0.2, -0.15) is 0 Å². The summed E-state index contributed by atoms with van der Waals surface area (Å²) in [5, 5.41) is 22.8. The lowest BCUT2D eigenvalue weighted by atomic mass is 10.0. The van der Waals surface area contributed by atoms with Gasteiger partial charge >= 0.3 is 11.7 Å². The van der Waals surface area contributed by atoms with Gasteiger partial charge in [-0.05, 0) is 25.7 Å². The van der Waals surface area contributed by atoms with Gasteiger partial charge in [0.2, 0.25) is 0 Å². The second kappa shape index (κ2) is 6.83. The van der Waals surface area contributed by atoms with Crippen LogP contribution in [0.4, 0.5) is 11.5 Å². The van der Waals surface area contributed by atoms with E-state index in [0.717, 1.165) is 19.0 Å². The van der Waals surface area contributed by atoms with Crippen molar-refractivity contribution in [3.05, 3.63) is 27.9 Å². The quantitative estimate of drug-likeness (QED) is 0.588. The Bertz CT molecular complexity index is 502. The first-order chi connectivity index (χ1) is 9.31. The number of aromatic nitrogens is 1. The summed E-state index contributed by atoms with van der Waals surface area (Å²) in [7, 11) is 0. The molecule has 1 unspecified atom stereocenters. The number of nitro groups is 1. The van der Waals surface area contributed by atoms with Crippen molar-refractivity contribution < 1.29 is 14.8 Å². The molecule has 0 radical (unpaired) electrons. The molecule has 0 bridgehead atoms. The Morgan fingerprint density at radius 3 is 2.60 bits per heavy atom. The summed E-state index contributed by atoms with van der Waals surface area (Å²) in [6.07, 6.45) is 2.92. The van der Waals surface area contributed by atoms with Crippen LogP contribution in [0.5, 0.6) is 0 Å². The molecular formula is C13H19N3O4. The normalized spacial score (nSPS) is 12.2. The van der Waals surface area contributed by atoms with Crippen molar-refractivity contribution in [3.63, 3.8) is 0 Å². The minimum atomic E-state index is -1.34. The standard InChI is InChI=1S/C13H19N3O4/c1-8(2)4-5-9(3)15-12-6-10(13(17)18)11(7-14-12)16(19)20/h6-9H,4-5H2,1-3H3,(H,14,15)(H,17,18). The molecule has 7 heteroatoms. The van der Waals surface area contributed by atoms with Crippen LogP contribution in [-0.4, -0.2) is 27.0 Å². The number of anilines is 1. The molecule has 0 spiro atoms. The predicted octanol–water partition coefficient (Wildman–Crippen LogP) is 2.92. The van der Waals surface area contributed by atoms with E-state index >= 15 is 0 Å². The SMILES string of the molecule is CC(C)CCC(C)Nc1cc(C(=O)O)c([N+](=O)[O-])cn1. The van der Waals surface area contributed by atoms with E-state index in [-0.39, 0.29) is 11.6 Å². The predicted molar refractivity (Wildman–Crippen MR) is 75.0 cm³/mol. The Kier molecular flexibility index (Phi) is 5.42. The van der Waals surface area contributed by atoms with Gasteiger partial charge in [-0.1, -0.05) is 13.8 Å². The summed E-state index contributed by atoms with van der Waals surface area (Å²) in [4.78, 5) is 24.9. The molecule has 0 amide bonds. The fraction of sp³-hybridized carbons (Fsp3) is 0.538. The first-order valence-corrected chi connectivity index (χ1v) is 6.45. The summed E-state index contributed by atoms with van der Waals surface area (Å²) in [5.41, 5.74) is -0.860. The van der Waals surface area contributed by atoms with Crippen molar-refractivity contribution in [1.29, 1.82) is 0 Å². The number of carboxylic acid groups (broad SMARTS) is 1. The first-order valence-electron chi connectivity index (χ1n) is 6.45. The van der Waals surface area contributed by atoms with Crippen molar-refractivity contribution in [2.24, 2.45) is 5.92 Å². The average molecular weight is 281 g/mol. The lowest BCUT2D eigenvalue weighted by Crippen LogP contribution is -2.17. The van der Waals surface area contributed by atoms with Crippen molar-refractivity contribution in [2.75, 3.05) is 5.32 Å². The Morgan fingerprint density at radius 2 is 2.10 bits per heavy atom. The van der Waals surface area contributed by atoms with Gasteiger partial charge in [-0.15, -0.1) is 0 Å². The van der Waals surface area contributed by atoms with Crippen LogP contribution in [-0.2, 0) is 0 Å². The maximum Gasteiger partial charge on any atom is 0.342 e. The monoisotopic (exact) mass is 281 g/mol. The van der Waals surface area contributed by atoms with Crippen LogP contribution in [0.25, 0.3) is 0 Å². The third-order valence-electron chi connectivity index (χ3n) is 2.88. The molecule has 110 valence electrons. The molecule has 20 heavy (non-hydrogen) atoms. The van der Waals surface area contributed by atoms with Gasteiger partial charge < -0.3 is 10.4 Å². The zero-order valence-corrected chi connectivity index (χ0v) is 11.8. The highest BCUT2D eigenvalue weighted by atomic mass is 16.6. The maximum atomic E-state index is 11.0. The highest BCUT2D eigenvalue weighted by molar-refractivity contribution is 5.93. The fourth-order valence-corrected chi connectivity index (χ4v) is 1.75. The van der Waals surface area contributed by atoms with Gasteiger partial charge in [0.05, 0.1) is 4.92 Å². The molecule has 0 saturated carbocycles. The zero-order chi connectivity index (χ0) is 15.3. The topological polar surface area (TPSA) is 105 Å². The summed E-state index contributed by atoms with van der Waals surface area (Å²) >= 11 is 0. The summed E-state index contributed by atoms with van der Waals surface area (Å²) < 4.78 is 0. The van der Waals surface area contributed by atoms with Crippen LogP contribution in [0, 0.1) is 16.0 Å². The number of pyridine rings is 1. The van der Waals surface area contributed by atoms with Gasteiger partial charge in [0.1, 0.15) is 17.6 Å². The molecule has 2 N–H and O–H groups in total. The number of aromatic carboxylic acids is 1.